The van der Waals surface area contributed by atoms with Crippen LogP contribution in [0.5, 0.6) is 0 Å². The van der Waals surface area contributed by atoms with Gasteiger partial charge in [0.1, 0.15) is 5.69 Å². The molecule has 1 aromatic heterocycles. The molecule has 1 N–H and O–H groups in total. The molecule has 0 spiro atoms. The number of aromatic nitrogens is 2. The zero-order valence-corrected chi connectivity index (χ0v) is 9.88. The normalized spacial score (nSPS) is 24.0. The van der Waals surface area contributed by atoms with Crippen molar-refractivity contribution in [1.82, 2.24) is 14.7 Å². The quantitative estimate of drug-likeness (QED) is 0.805. The van der Waals surface area contributed by atoms with E-state index < -0.39 is 11.4 Å². The summed E-state index contributed by atoms with van der Waals surface area (Å²) in [4.78, 5) is 24.8. The fourth-order valence-corrected chi connectivity index (χ4v) is 2.05. The number of amides is 1. The van der Waals surface area contributed by atoms with Gasteiger partial charge < -0.3 is 10.0 Å². The number of aryl methyl sites for hydroxylation is 1. The number of carboxylic acids is 1. The van der Waals surface area contributed by atoms with E-state index in [9.17, 15) is 9.59 Å². The molecular weight excluding hydrogens is 222 g/mol. The van der Waals surface area contributed by atoms with E-state index in [1.54, 1.807) is 31.1 Å². The molecule has 2 rings (SSSR count). The second-order valence-corrected chi connectivity index (χ2v) is 4.68. The van der Waals surface area contributed by atoms with E-state index >= 15 is 0 Å². The summed E-state index contributed by atoms with van der Waals surface area (Å²) in [5.41, 5.74) is -0.339. The predicted molar refractivity (Wildman–Crippen MR) is 59.5 cm³/mol. The maximum atomic E-state index is 12.1. The molecule has 92 valence electrons. The maximum absolute atomic E-state index is 12.1. The minimum absolute atomic E-state index is 0.157. The zero-order chi connectivity index (χ0) is 12.6. The molecule has 1 fully saturated rings. The van der Waals surface area contributed by atoms with E-state index in [0.717, 1.165) is 0 Å². The molecule has 17 heavy (non-hydrogen) atoms. The number of aliphatic carboxylic acids is 1. The molecule has 1 amide bonds. The van der Waals surface area contributed by atoms with Crippen LogP contribution in [-0.4, -0.2) is 44.8 Å². The molecule has 1 aliphatic rings. The lowest BCUT2D eigenvalue weighted by atomic mass is 9.90. The second kappa shape index (κ2) is 3.87. The first kappa shape index (κ1) is 11.6. The maximum Gasteiger partial charge on any atom is 0.311 e. The van der Waals surface area contributed by atoms with Crippen LogP contribution < -0.4 is 0 Å². The Hall–Kier alpha value is -1.85. The van der Waals surface area contributed by atoms with Crippen LogP contribution in [0, 0.1) is 5.41 Å². The summed E-state index contributed by atoms with van der Waals surface area (Å²) in [6, 6.07) is 1.64. The summed E-state index contributed by atoms with van der Waals surface area (Å²) in [5.74, 6) is -1.01. The Morgan fingerprint density at radius 1 is 1.53 bits per heavy atom. The molecular formula is C11H15N3O3. The van der Waals surface area contributed by atoms with Crippen molar-refractivity contribution in [3.8, 4) is 0 Å². The van der Waals surface area contributed by atoms with Crippen molar-refractivity contribution in [2.45, 2.75) is 13.3 Å². The number of carbonyl (C=O) groups is 2. The number of rotatable bonds is 2. The van der Waals surface area contributed by atoms with Gasteiger partial charge >= 0.3 is 5.97 Å². The summed E-state index contributed by atoms with van der Waals surface area (Å²) in [6.07, 6.45) is 2.05. The average molecular weight is 237 g/mol. The van der Waals surface area contributed by atoms with Crippen LogP contribution in [0.2, 0.25) is 0 Å². The lowest BCUT2D eigenvalue weighted by Crippen LogP contribution is -2.35. The van der Waals surface area contributed by atoms with Gasteiger partial charge in [-0.25, -0.2) is 0 Å². The van der Waals surface area contributed by atoms with Crippen molar-refractivity contribution >= 4 is 11.9 Å². The Bertz CT molecular complexity index is 468. The van der Waals surface area contributed by atoms with Gasteiger partial charge in [-0.15, -0.1) is 0 Å². The molecule has 0 bridgehead atoms. The van der Waals surface area contributed by atoms with Crippen molar-refractivity contribution in [3.63, 3.8) is 0 Å². The van der Waals surface area contributed by atoms with Gasteiger partial charge in [0.25, 0.3) is 5.91 Å². The molecule has 1 aromatic rings. The number of hydrogen-bond acceptors (Lipinski definition) is 3. The van der Waals surface area contributed by atoms with E-state index in [2.05, 4.69) is 5.10 Å². The largest absolute Gasteiger partial charge is 0.481 e. The molecule has 0 aromatic carbocycles. The van der Waals surface area contributed by atoms with E-state index in [-0.39, 0.29) is 12.5 Å². The molecule has 6 heteroatoms. The third-order valence-corrected chi connectivity index (χ3v) is 3.32. The summed E-state index contributed by atoms with van der Waals surface area (Å²) in [5, 5.41) is 13.0. The van der Waals surface area contributed by atoms with Crippen LogP contribution in [0.25, 0.3) is 0 Å². The molecule has 1 aliphatic heterocycles. The van der Waals surface area contributed by atoms with Crippen LogP contribution in [0.4, 0.5) is 0 Å². The van der Waals surface area contributed by atoms with Gasteiger partial charge in [-0.2, -0.15) is 5.10 Å². The first-order valence-electron chi connectivity index (χ1n) is 5.45. The lowest BCUT2D eigenvalue weighted by Gasteiger charge is -2.20. The van der Waals surface area contributed by atoms with E-state index in [0.29, 0.717) is 18.7 Å². The first-order valence-corrected chi connectivity index (χ1v) is 5.45. The minimum atomic E-state index is -0.849. The van der Waals surface area contributed by atoms with Gasteiger partial charge in [-0.1, -0.05) is 0 Å². The summed E-state index contributed by atoms with van der Waals surface area (Å²) < 4.78 is 1.50. The monoisotopic (exact) mass is 237 g/mol. The van der Waals surface area contributed by atoms with Crippen LogP contribution in [-0.2, 0) is 11.8 Å². The third kappa shape index (κ3) is 1.90. The highest BCUT2D eigenvalue weighted by atomic mass is 16.4. The SMILES string of the molecule is Cn1nccc1C(=O)N1CC[C@@](C)(C(=O)O)C1. The number of hydrogen-bond donors (Lipinski definition) is 1. The van der Waals surface area contributed by atoms with Crippen LogP contribution >= 0.6 is 0 Å². The molecule has 0 aliphatic carbocycles. The number of likely N-dealkylation sites (tertiary alicyclic amines) is 1. The molecule has 6 nitrogen and oxygen atoms in total. The summed E-state index contributed by atoms with van der Waals surface area (Å²) >= 11 is 0. The van der Waals surface area contributed by atoms with Gasteiger partial charge in [0.05, 0.1) is 5.41 Å². The highest BCUT2D eigenvalue weighted by Gasteiger charge is 2.42. The highest BCUT2D eigenvalue weighted by Crippen LogP contribution is 2.30. The first-order chi connectivity index (χ1) is 7.94. The van der Waals surface area contributed by atoms with E-state index in [4.69, 9.17) is 5.11 Å². The molecule has 0 radical (unpaired) electrons. The molecule has 2 heterocycles. The Labute approximate surface area is 98.8 Å². The predicted octanol–water partition coefficient (Wildman–Crippen LogP) is 0.357. The Morgan fingerprint density at radius 3 is 2.71 bits per heavy atom. The second-order valence-electron chi connectivity index (χ2n) is 4.68. The fourth-order valence-electron chi connectivity index (χ4n) is 2.05. The Balaban J connectivity index is 2.15. The minimum Gasteiger partial charge on any atom is -0.481 e. The van der Waals surface area contributed by atoms with Crippen molar-refractivity contribution in [2.75, 3.05) is 13.1 Å². The summed E-state index contributed by atoms with van der Waals surface area (Å²) in [6.45, 7) is 2.41. The molecule has 0 unspecified atom stereocenters. The highest BCUT2D eigenvalue weighted by molar-refractivity contribution is 5.93. The average Bonchev–Trinajstić information content (AvgIpc) is 2.85. The number of carboxylic acid groups (broad SMARTS) is 1. The third-order valence-electron chi connectivity index (χ3n) is 3.32. The molecule has 1 saturated heterocycles. The summed E-state index contributed by atoms with van der Waals surface area (Å²) in [7, 11) is 1.69. The number of nitrogens with zero attached hydrogens (tertiary/aromatic N) is 3. The van der Waals surface area contributed by atoms with Gasteiger partial charge in [-0.3, -0.25) is 14.3 Å². The standard InChI is InChI=1S/C11H15N3O3/c1-11(10(16)17)4-6-14(7-11)9(15)8-3-5-12-13(8)2/h3,5H,4,6-7H2,1-2H3,(H,16,17)/t11-/m1/s1. The van der Waals surface area contributed by atoms with Crippen LogP contribution in [0.3, 0.4) is 0 Å². The van der Waals surface area contributed by atoms with Gasteiger partial charge in [-0.05, 0) is 19.4 Å². The molecule has 1 atom stereocenters. The van der Waals surface area contributed by atoms with Crippen LogP contribution in [0.1, 0.15) is 23.8 Å². The number of carbonyl (C=O) groups excluding carboxylic acids is 1. The zero-order valence-electron chi connectivity index (χ0n) is 9.88. The van der Waals surface area contributed by atoms with Gasteiger partial charge in [0, 0.05) is 26.3 Å². The Kier molecular flexibility index (Phi) is 2.65. The van der Waals surface area contributed by atoms with Crippen molar-refractivity contribution in [2.24, 2.45) is 12.5 Å². The van der Waals surface area contributed by atoms with Gasteiger partial charge in [0.15, 0.2) is 0 Å². The van der Waals surface area contributed by atoms with E-state index in [1.807, 2.05) is 0 Å². The topological polar surface area (TPSA) is 75.4 Å². The van der Waals surface area contributed by atoms with Crippen LogP contribution in [0.15, 0.2) is 12.3 Å². The molecule has 0 saturated carbocycles. The van der Waals surface area contributed by atoms with Gasteiger partial charge in [0.2, 0.25) is 0 Å². The smallest absolute Gasteiger partial charge is 0.311 e. The van der Waals surface area contributed by atoms with Crippen molar-refractivity contribution in [1.29, 1.82) is 0 Å². The fraction of sp³-hybridized carbons (Fsp3) is 0.545. The van der Waals surface area contributed by atoms with Crippen molar-refractivity contribution in [3.05, 3.63) is 18.0 Å². The van der Waals surface area contributed by atoms with Crippen molar-refractivity contribution < 1.29 is 14.7 Å². The van der Waals surface area contributed by atoms with E-state index in [1.165, 1.54) is 4.68 Å². The Morgan fingerprint density at radius 2 is 2.24 bits per heavy atom. The lowest BCUT2D eigenvalue weighted by molar-refractivity contribution is -0.147.